The second-order valence-corrected chi connectivity index (χ2v) is 28.5. The Morgan fingerprint density at radius 2 is 0.552 bits per heavy atom. The maximum atomic E-state index is 2.86. The largest absolute Gasteiger partial charge is 0.374 e. The van der Waals surface area contributed by atoms with Crippen LogP contribution in [0.25, 0.3) is 176 Å². The van der Waals surface area contributed by atoms with Gasteiger partial charge in [-0.05, 0) is 235 Å². The lowest BCUT2D eigenvalue weighted by atomic mass is 9.45. The molecule has 4 aromatic heterocycles. The van der Waals surface area contributed by atoms with Crippen molar-refractivity contribution in [1.29, 1.82) is 0 Å². The molecule has 0 atom stereocenters. The molecule has 0 amide bonds. The average molecular weight is 1220 g/mol. The van der Waals surface area contributed by atoms with Gasteiger partial charge >= 0.3 is 13.7 Å². The van der Waals surface area contributed by atoms with E-state index in [2.05, 4.69) is 304 Å². The first-order valence-electron chi connectivity index (χ1n) is 34.2. The van der Waals surface area contributed by atoms with Crippen LogP contribution in [0, 0.1) is 55.4 Å². The standard InChI is InChI=1S/C90H62B2N4/c1-47-19-13-20-48(2)75(47)55-37-41-71-67(43-55)81-61-29-11-9-27-59(61)79-63-31-17-33-65-85(63)95(91-69-39-35-57(77-51(5)23-15-24-52(77)6)45-73(69)93(71)89(81)83(79)91)87-66-34-18-32-64-80-60-28-10-12-30-62(60)82-68-44-56(76-49(3)21-14-22-50(76)4)38-42-72(68)94-74-46-58(78-53(7)25-16-26-54(78)8)36-40-70(74)92(84(80)90(82)94)96(86(64)66)88(65)87/h9-46H,1-8H3. The van der Waals surface area contributed by atoms with Gasteiger partial charge in [0, 0.05) is 65.9 Å². The summed E-state index contributed by atoms with van der Waals surface area (Å²) in [7, 11) is 0. The third-order valence-electron chi connectivity index (χ3n) is 23.5. The quantitative estimate of drug-likeness (QED) is 0.157. The lowest BCUT2D eigenvalue weighted by Gasteiger charge is -2.35. The summed E-state index contributed by atoms with van der Waals surface area (Å²) in [5, 5.41) is 13.0. The highest BCUT2D eigenvalue weighted by atomic mass is 15.1. The molecule has 0 fully saturated rings. The minimum absolute atomic E-state index is 0.176. The maximum Gasteiger partial charge on any atom is 0.333 e. The molecule has 96 heavy (non-hydrogen) atoms. The van der Waals surface area contributed by atoms with Crippen molar-refractivity contribution in [2.45, 2.75) is 55.4 Å². The van der Waals surface area contributed by atoms with Crippen molar-refractivity contribution in [2.24, 2.45) is 0 Å². The molecule has 0 aliphatic carbocycles. The molecule has 0 radical (unpaired) electrons. The number of rotatable bonds is 4. The van der Waals surface area contributed by atoms with Crippen LogP contribution in [-0.4, -0.2) is 31.8 Å². The normalized spacial score (nSPS) is 13.2. The van der Waals surface area contributed by atoms with Crippen molar-refractivity contribution in [1.82, 2.24) is 18.1 Å². The summed E-state index contributed by atoms with van der Waals surface area (Å²) >= 11 is 0. The smallest absolute Gasteiger partial charge is 0.333 e. The molecule has 4 aliphatic rings. The predicted octanol–water partition coefficient (Wildman–Crippen LogP) is 20.3. The first-order chi connectivity index (χ1) is 47.0. The molecule has 14 aromatic carbocycles. The lowest BCUT2D eigenvalue weighted by molar-refractivity contribution is 1.18. The molecule has 4 nitrogen and oxygen atoms in total. The molecule has 0 saturated heterocycles. The minimum atomic E-state index is -0.176. The zero-order chi connectivity index (χ0) is 63.7. The van der Waals surface area contributed by atoms with Crippen LogP contribution >= 0.6 is 0 Å². The fourth-order valence-corrected chi connectivity index (χ4v) is 20.0. The molecule has 18 aromatic rings. The second kappa shape index (κ2) is 18.3. The van der Waals surface area contributed by atoms with Gasteiger partial charge in [0.1, 0.15) is 0 Å². The molecule has 6 heteroatoms. The number of para-hydroxylation sites is 2. The summed E-state index contributed by atoms with van der Waals surface area (Å²) in [4.78, 5) is 0. The number of benzene rings is 14. The van der Waals surface area contributed by atoms with E-state index in [0.29, 0.717) is 0 Å². The van der Waals surface area contributed by atoms with E-state index < -0.39 is 0 Å². The first-order valence-corrected chi connectivity index (χ1v) is 34.2. The average Bonchev–Trinajstić information content (AvgIpc) is 1.46. The molecule has 448 valence electrons. The van der Waals surface area contributed by atoms with Gasteiger partial charge in [0.15, 0.2) is 0 Å². The van der Waals surface area contributed by atoms with E-state index in [1.165, 1.54) is 242 Å². The number of aryl methyl sites for hydroxylation is 8. The number of aromatic nitrogens is 4. The summed E-state index contributed by atoms with van der Waals surface area (Å²) in [6, 6.07) is 90.1. The Hall–Kier alpha value is -11.3. The Kier molecular flexibility index (Phi) is 10.1. The van der Waals surface area contributed by atoms with Gasteiger partial charge in [-0.3, -0.25) is 0 Å². The molecular formula is C90H62B2N4. The zero-order valence-corrected chi connectivity index (χ0v) is 54.9. The SMILES string of the molecule is Cc1cccc(C)c1-c1ccc2c(c1)-n1c3ccc(-c4c(C)cccc4C)cc3c3c4ccccc4c4c(c31)B2n1c2c-4cccc2c2c1c1cccc3c1n2B1c2ccc(-c4c(C)cccc4C)cc2-n2c4ccc(-c5c(C)cccc5C)cc4c4c5ccccc5c-3c1c42. The summed E-state index contributed by atoms with van der Waals surface area (Å²) in [6.07, 6.45) is 0. The molecular weight excluding hydrogens is 1160 g/mol. The highest BCUT2D eigenvalue weighted by Gasteiger charge is 2.48. The Morgan fingerprint density at radius 1 is 0.240 bits per heavy atom. The highest BCUT2D eigenvalue weighted by molar-refractivity contribution is 6.92. The van der Waals surface area contributed by atoms with Gasteiger partial charge in [0.25, 0.3) is 0 Å². The van der Waals surface area contributed by atoms with Crippen molar-refractivity contribution >= 4 is 134 Å². The van der Waals surface area contributed by atoms with E-state index in [4.69, 9.17) is 0 Å². The molecule has 0 spiro atoms. The fraction of sp³-hybridized carbons (Fsp3) is 0.0889. The summed E-state index contributed by atoms with van der Waals surface area (Å²) < 4.78 is 11.1. The van der Waals surface area contributed by atoms with Gasteiger partial charge < -0.3 is 18.1 Å². The summed E-state index contributed by atoms with van der Waals surface area (Å²) in [5.74, 6) is 0. The fourth-order valence-electron chi connectivity index (χ4n) is 20.0. The van der Waals surface area contributed by atoms with Gasteiger partial charge in [-0.25, -0.2) is 0 Å². The van der Waals surface area contributed by atoms with Crippen LogP contribution < -0.4 is 21.9 Å². The predicted molar refractivity (Wildman–Crippen MR) is 410 cm³/mol. The Morgan fingerprint density at radius 3 is 0.917 bits per heavy atom. The van der Waals surface area contributed by atoms with Crippen molar-refractivity contribution in [3.8, 4) is 78.1 Å². The number of hydrogen-bond donors (Lipinski definition) is 0. The molecule has 0 unspecified atom stereocenters. The molecule has 0 N–H and O–H groups in total. The monoisotopic (exact) mass is 1220 g/mol. The zero-order valence-electron chi connectivity index (χ0n) is 54.9. The van der Waals surface area contributed by atoms with E-state index in [0.717, 1.165) is 0 Å². The Bertz CT molecular complexity index is 6270. The van der Waals surface area contributed by atoms with Crippen LogP contribution in [0.4, 0.5) is 0 Å². The van der Waals surface area contributed by atoms with Crippen LogP contribution in [0.5, 0.6) is 0 Å². The van der Waals surface area contributed by atoms with Crippen molar-refractivity contribution in [2.75, 3.05) is 0 Å². The maximum absolute atomic E-state index is 2.86. The summed E-state index contributed by atoms with van der Waals surface area (Å²) in [5.41, 5.74) is 44.0. The second-order valence-electron chi connectivity index (χ2n) is 28.5. The van der Waals surface area contributed by atoms with E-state index >= 15 is 0 Å². The lowest BCUT2D eigenvalue weighted by Crippen LogP contribution is -2.55. The highest BCUT2D eigenvalue weighted by Crippen LogP contribution is 2.54. The van der Waals surface area contributed by atoms with Crippen molar-refractivity contribution in [3.63, 3.8) is 0 Å². The van der Waals surface area contributed by atoms with E-state index in [9.17, 15) is 0 Å². The van der Waals surface area contributed by atoms with Crippen LogP contribution in [0.3, 0.4) is 0 Å². The third kappa shape index (κ3) is 6.35. The molecule has 8 heterocycles. The molecule has 0 saturated carbocycles. The molecule has 4 aliphatic heterocycles. The molecule has 0 bridgehead atoms. The number of hydrogen-bond acceptors (Lipinski definition) is 0. The van der Waals surface area contributed by atoms with Gasteiger partial charge in [-0.15, -0.1) is 0 Å². The topological polar surface area (TPSA) is 19.7 Å². The van der Waals surface area contributed by atoms with Gasteiger partial charge in [0.2, 0.25) is 0 Å². The Labute approximate surface area is 556 Å². The van der Waals surface area contributed by atoms with Gasteiger partial charge in [-0.1, -0.05) is 194 Å². The summed E-state index contributed by atoms with van der Waals surface area (Å²) in [6.45, 7) is 17.8. The van der Waals surface area contributed by atoms with Crippen LogP contribution in [0.1, 0.15) is 44.5 Å². The van der Waals surface area contributed by atoms with Crippen molar-refractivity contribution < 1.29 is 0 Å². The number of fused-ring (bicyclic) bond motifs is 27. The van der Waals surface area contributed by atoms with E-state index in [1.54, 1.807) is 0 Å². The molecule has 22 rings (SSSR count). The van der Waals surface area contributed by atoms with Gasteiger partial charge in [0.05, 0.1) is 33.1 Å². The Balaban J connectivity index is 0.910. The third-order valence-corrected chi connectivity index (χ3v) is 23.5. The van der Waals surface area contributed by atoms with E-state index in [1.807, 2.05) is 0 Å². The first kappa shape index (κ1) is 53.1. The van der Waals surface area contributed by atoms with Crippen LogP contribution in [0.15, 0.2) is 231 Å². The van der Waals surface area contributed by atoms with Crippen LogP contribution in [-0.2, 0) is 0 Å². The van der Waals surface area contributed by atoms with E-state index in [-0.39, 0.29) is 13.7 Å². The number of nitrogens with zero attached hydrogens (tertiary/aromatic N) is 4. The minimum Gasteiger partial charge on any atom is -0.374 e. The van der Waals surface area contributed by atoms with Crippen molar-refractivity contribution in [3.05, 3.63) is 275 Å². The van der Waals surface area contributed by atoms with Crippen LogP contribution in [0.2, 0.25) is 0 Å². The van der Waals surface area contributed by atoms with Gasteiger partial charge in [-0.2, -0.15) is 0 Å².